The summed E-state index contributed by atoms with van der Waals surface area (Å²) in [5.41, 5.74) is 9.13. The predicted molar refractivity (Wildman–Crippen MR) is 116 cm³/mol. The van der Waals surface area contributed by atoms with E-state index in [1.165, 1.54) is 10.8 Å². The van der Waals surface area contributed by atoms with Gasteiger partial charge in [-0.15, -0.1) is 0 Å². The monoisotopic (exact) mass is 389 g/mol. The summed E-state index contributed by atoms with van der Waals surface area (Å²) in [4.78, 5) is 12.4. The highest BCUT2D eigenvalue weighted by Gasteiger charge is 2.11. The van der Waals surface area contributed by atoms with Crippen LogP contribution in [0.15, 0.2) is 79.4 Å². The largest absolute Gasteiger partial charge is 0.340 e. The number of hydrogen-bond donors (Lipinski definition) is 2. The molecular weight excluding hydrogens is 370 g/mol. The number of carbonyl (C=O) groups excluding carboxylic acids is 1. The Morgan fingerprint density at radius 1 is 0.857 bits per heavy atom. The van der Waals surface area contributed by atoms with Gasteiger partial charge in [-0.2, -0.15) is 0 Å². The number of aryl methyl sites for hydroxylation is 1. The lowest BCUT2D eigenvalue weighted by Crippen LogP contribution is -2.36. The van der Waals surface area contributed by atoms with E-state index in [0.717, 1.165) is 16.6 Å². The fraction of sp³-hybridized carbons (Fsp3) is 0.0870. The molecular formula is C23H20ClN3O. The summed E-state index contributed by atoms with van der Waals surface area (Å²) in [7, 11) is 0. The van der Waals surface area contributed by atoms with Crippen LogP contribution in [0.4, 0.5) is 0 Å². The molecule has 0 saturated carbocycles. The van der Waals surface area contributed by atoms with Gasteiger partial charge in [0.25, 0.3) is 0 Å². The Bertz CT molecular complexity index is 1130. The molecule has 0 aliphatic heterocycles. The van der Waals surface area contributed by atoms with Crippen molar-refractivity contribution in [3.8, 4) is 0 Å². The minimum atomic E-state index is -0.116. The van der Waals surface area contributed by atoms with Crippen molar-refractivity contribution in [2.24, 2.45) is 0 Å². The van der Waals surface area contributed by atoms with Gasteiger partial charge in [0.2, 0.25) is 5.91 Å². The van der Waals surface area contributed by atoms with E-state index >= 15 is 0 Å². The van der Waals surface area contributed by atoms with Crippen molar-refractivity contribution in [1.82, 2.24) is 15.4 Å². The van der Waals surface area contributed by atoms with E-state index in [0.29, 0.717) is 23.7 Å². The van der Waals surface area contributed by atoms with Crippen LogP contribution in [-0.2, 0) is 11.3 Å². The van der Waals surface area contributed by atoms with Crippen molar-refractivity contribution in [3.63, 3.8) is 0 Å². The highest BCUT2D eigenvalue weighted by Crippen LogP contribution is 2.28. The number of hydrogen-bond acceptors (Lipinski definition) is 2. The predicted octanol–water partition coefficient (Wildman–Crippen LogP) is 5.13. The SMILES string of the molecule is C=C(NNC(=O)CCn1c2ccccc2c2ccccc21)c1ccccc1Cl. The number of hydrazine groups is 1. The van der Waals surface area contributed by atoms with Crippen LogP contribution in [0.3, 0.4) is 0 Å². The molecule has 0 spiro atoms. The van der Waals surface area contributed by atoms with E-state index in [2.05, 4.69) is 46.3 Å². The maximum absolute atomic E-state index is 12.4. The highest BCUT2D eigenvalue weighted by atomic mass is 35.5. The molecule has 2 N–H and O–H groups in total. The van der Waals surface area contributed by atoms with Gasteiger partial charge < -0.3 is 4.57 Å². The molecule has 0 aliphatic carbocycles. The number of nitrogens with zero attached hydrogens (tertiary/aromatic N) is 1. The normalized spacial score (nSPS) is 10.9. The zero-order valence-electron chi connectivity index (χ0n) is 15.3. The van der Waals surface area contributed by atoms with Gasteiger partial charge in [-0.05, 0) is 18.2 Å². The number of nitrogens with one attached hydrogen (secondary N) is 2. The third-order valence-corrected chi connectivity index (χ3v) is 5.12. The van der Waals surface area contributed by atoms with E-state index in [9.17, 15) is 4.79 Å². The van der Waals surface area contributed by atoms with Crippen molar-refractivity contribution in [1.29, 1.82) is 0 Å². The van der Waals surface area contributed by atoms with Crippen molar-refractivity contribution >= 4 is 45.0 Å². The molecule has 1 aromatic heterocycles. The molecule has 4 nitrogen and oxygen atoms in total. The Hall–Kier alpha value is -3.24. The summed E-state index contributed by atoms with van der Waals surface area (Å²) in [5, 5.41) is 2.98. The third kappa shape index (κ3) is 3.47. The summed E-state index contributed by atoms with van der Waals surface area (Å²) in [5.74, 6) is -0.116. The summed E-state index contributed by atoms with van der Waals surface area (Å²) in [6.07, 6.45) is 0.339. The number of amides is 1. The van der Waals surface area contributed by atoms with Gasteiger partial charge in [0.05, 0.1) is 5.70 Å². The summed E-state index contributed by atoms with van der Waals surface area (Å²) >= 11 is 6.16. The molecule has 3 aromatic carbocycles. The van der Waals surface area contributed by atoms with Crippen LogP contribution in [0, 0.1) is 0 Å². The Morgan fingerprint density at radius 3 is 2.07 bits per heavy atom. The van der Waals surface area contributed by atoms with E-state index in [1.54, 1.807) is 6.07 Å². The molecule has 0 unspecified atom stereocenters. The standard InChI is InChI=1S/C23H20ClN3O/c1-16(17-8-2-5-11-20(17)24)25-26-23(28)14-15-27-21-12-6-3-9-18(21)19-10-4-7-13-22(19)27/h2-13,25H,1,14-15H2,(H,26,28). The molecule has 0 saturated heterocycles. The molecule has 140 valence electrons. The Balaban J connectivity index is 1.45. The molecule has 1 amide bonds. The lowest BCUT2D eigenvalue weighted by molar-refractivity contribution is -0.121. The molecule has 0 fully saturated rings. The number of aromatic nitrogens is 1. The van der Waals surface area contributed by atoms with Crippen LogP contribution in [0.25, 0.3) is 27.5 Å². The lowest BCUT2D eigenvalue weighted by Gasteiger charge is -2.13. The molecule has 5 heteroatoms. The van der Waals surface area contributed by atoms with E-state index < -0.39 is 0 Å². The van der Waals surface area contributed by atoms with Crippen molar-refractivity contribution in [2.45, 2.75) is 13.0 Å². The fourth-order valence-electron chi connectivity index (χ4n) is 3.44. The molecule has 4 aromatic rings. The van der Waals surface area contributed by atoms with Gasteiger partial charge >= 0.3 is 0 Å². The average molecular weight is 390 g/mol. The number of halogens is 1. The quantitative estimate of drug-likeness (QED) is 0.449. The van der Waals surface area contributed by atoms with Crippen LogP contribution in [0.1, 0.15) is 12.0 Å². The van der Waals surface area contributed by atoms with Gasteiger partial charge in [0.15, 0.2) is 0 Å². The van der Waals surface area contributed by atoms with Crippen molar-refractivity contribution < 1.29 is 4.79 Å². The van der Waals surface area contributed by atoms with Crippen molar-refractivity contribution in [2.75, 3.05) is 0 Å². The molecule has 0 bridgehead atoms. The number of benzene rings is 3. The van der Waals surface area contributed by atoms with Gasteiger partial charge in [0.1, 0.15) is 0 Å². The van der Waals surface area contributed by atoms with Gasteiger partial charge in [-0.1, -0.05) is 72.8 Å². The Morgan fingerprint density at radius 2 is 1.43 bits per heavy atom. The van der Waals surface area contributed by atoms with Crippen LogP contribution in [-0.4, -0.2) is 10.5 Å². The summed E-state index contributed by atoms with van der Waals surface area (Å²) in [6.45, 7) is 4.52. The van der Waals surface area contributed by atoms with E-state index in [4.69, 9.17) is 11.6 Å². The fourth-order valence-corrected chi connectivity index (χ4v) is 3.69. The highest BCUT2D eigenvalue weighted by molar-refractivity contribution is 6.32. The molecule has 4 rings (SSSR count). The second-order valence-electron chi connectivity index (χ2n) is 6.57. The average Bonchev–Trinajstić information content (AvgIpc) is 3.05. The van der Waals surface area contributed by atoms with Gasteiger partial charge in [-0.3, -0.25) is 15.6 Å². The van der Waals surface area contributed by atoms with Crippen molar-refractivity contribution in [3.05, 3.63) is 90.0 Å². The topological polar surface area (TPSA) is 46.1 Å². The molecule has 0 aliphatic rings. The number of fused-ring (bicyclic) bond motifs is 3. The molecule has 0 radical (unpaired) electrons. The lowest BCUT2D eigenvalue weighted by atomic mass is 10.2. The van der Waals surface area contributed by atoms with E-state index in [-0.39, 0.29) is 5.91 Å². The number of carbonyl (C=O) groups is 1. The van der Waals surface area contributed by atoms with Crippen LogP contribution in [0.2, 0.25) is 5.02 Å². The van der Waals surface area contributed by atoms with Crippen LogP contribution in [0.5, 0.6) is 0 Å². The summed E-state index contributed by atoms with van der Waals surface area (Å²) in [6, 6.07) is 23.9. The first kappa shape index (κ1) is 18.1. The molecule has 28 heavy (non-hydrogen) atoms. The maximum atomic E-state index is 12.4. The van der Waals surface area contributed by atoms with Gasteiger partial charge in [-0.25, -0.2) is 0 Å². The first-order valence-corrected chi connectivity index (χ1v) is 9.47. The second-order valence-corrected chi connectivity index (χ2v) is 6.97. The molecule has 1 heterocycles. The zero-order chi connectivity index (χ0) is 19.5. The maximum Gasteiger partial charge on any atom is 0.240 e. The number of rotatable bonds is 6. The number of para-hydroxylation sites is 2. The third-order valence-electron chi connectivity index (χ3n) is 4.79. The smallest absolute Gasteiger partial charge is 0.240 e. The second kappa shape index (κ2) is 7.79. The molecule has 0 atom stereocenters. The first-order chi connectivity index (χ1) is 13.6. The summed E-state index contributed by atoms with van der Waals surface area (Å²) < 4.78 is 2.19. The zero-order valence-corrected chi connectivity index (χ0v) is 16.0. The first-order valence-electron chi connectivity index (χ1n) is 9.10. The minimum Gasteiger partial charge on any atom is -0.340 e. The Kier molecular flexibility index (Phi) is 5.04. The van der Waals surface area contributed by atoms with Crippen LogP contribution >= 0.6 is 11.6 Å². The minimum absolute atomic E-state index is 0.116. The Labute approximate surface area is 168 Å². The van der Waals surface area contributed by atoms with Gasteiger partial charge in [0, 0.05) is 45.4 Å². The van der Waals surface area contributed by atoms with Crippen LogP contribution < -0.4 is 10.9 Å². The van der Waals surface area contributed by atoms with E-state index in [1.807, 2.05) is 42.5 Å².